The molecular weight excluding hydrogens is 274 g/mol. The Morgan fingerprint density at radius 1 is 1.20 bits per heavy atom. The van der Waals surface area contributed by atoms with E-state index >= 15 is 0 Å². The number of hydrogen-bond acceptors (Lipinski definition) is 4. The fraction of sp³-hybridized carbons (Fsp3) is 0.600. The number of sulfone groups is 1. The minimum Gasteiger partial charge on any atom is -0.492 e. The molecule has 0 aromatic heterocycles. The number of fused-ring (bicyclic) bond motifs is 1. The maximum Gasteiger partial charge on any atom is 0.161 e. The smallest absolute Gasteiger partial charge is 0.161 e. The van der Waals surface area contributed by atoms with Gasteiger partial charge in [0, 0.05) is 5.56 Å². The van der Waals surface area contributed by atoms with Gasteiger partial charge in [-0.05, 0) is 26.0 Å². The summed E-state index contributed by atoms with van der Waals surface area (Å²) in [6, 6.07) is 7.52. The average Bonchev–Trinajstić information content (AvgIpc) is 3.00. The van der Waals surface area contributed by atoms with Crippen LogP contribution in [-0.4, -0.2) is 32.6 Å². The van der Waals surface area contributed by atoms with E-state index in [-0.39, 0.29) is 17.9 Å². The summed E-state index contributed by atoms with van der Waals surface area (Å²) in [5.74, 6) is 0.796. The molecule has 0 spiro atoms. The SMILES string of the molecule is CNC1c2ccccc2OCC1S(=O)(=O)C1CCCC1. The molecule has 1 heterocycles. The summed E-state index contributed by atoms with van der Waals surface area (Å²) in [6.07, 6.45) is 3.66. The van der Waals surface area contributed by atoms with E-state index in [2.05, 4.69) is 5.32 Å². The standard InChI is InChI=1S/C15H21NO3S/c1-16-15-12-8-4-5-9-13(12)19-10-14(15)20(17,18)11-6-2-3-7-11/h4-5,8-9,11,14-16H,2-3,6-7,10H2,1H3. The van der Waals surface area contributed by atoms with E-state index < -0.39 is 15.1 Å². The van der Waals surface area contributed by atoms with Gasteiger partial charge in [-0.2, -0.15) is 0 Å². The van der Waals surface area contributed by atoms with Crippen LogP contribution in [0.3, 0.4) is 0 Å². The Morgan fingerprint density at radius 2 is 1.90 bits per heavy atom. The lowest BCUT2D eigenvalue weighted by atomic mass is 10.0. The molecule has 4 nitrogen and oxygen atoms in total. The Labute approximate surface area is 120 Å². The van der Waals surface area contributed by atoms with Crippen LogP contribution in [0.4, 0.5) is 0 Å². The molecule has 1 N–H and O–H groups in total. The first kappa shape index (κ1) is 13.9. The summed E-state index contributed by atoms with van der Waals surface area (Å²) in [5, 5.41) is 2.52. The molecule has 1 aliphatic heterocycles. The highest BCUT2D eigenvalue weighted by Gasteiger charge is 2.43. The zero-order chi connectivity index (χ0) is 14.2. The van der Waals surface area contributed by atoms with Crippen molar-refractivity contribution in [3.05, 3.63) is 29.8 Å². The highest BCUT2D eigenvalue weighted by molar-refractivity contribution is 7.92. The predicted octanol–water partition coefficient (Wildman–Crippen LogP) is 2.07. The van der Waals surface area contributed by atoms with Crippen LogP contribution in [0.2, 0.25) is 0 Å². The maximum absolute atomic E-state index is 12.8. The van der Waals surface area contributed by atoms with Gasteiger partial charge in [-0.3, -0.25) is 0 Å². The molecule has 1 aliphatic carbocycles. The molecule has 3 rings (SSSR count). The van der Waals surface area contributed by atoms with E-state index in [0.717, 1.165) is 37.0 Å². The lowest BCUT2D eigenvalue weighted by molar-refractivity contribution is 0.258. The van der Waals surface area contributed by atoms with Crippen molar-refractivity contribution in [3.8, 4) is 5.75 Å². The molecule has 0 bridgehead atoms. The van der Waals surface area contributed by atoms with E-state index in [1.54, 1.807) is 0 Å². The molecule has 110 valence electrons. The summed E-state index contributed by atoms with van der Waals surface area (Å²) in [6.45, 7) is 0.251. The van der Waals surface area contributed by atoms with Crippen molar-refractivity contribution in [1.29, 1.82) is 0 Å². The minimum absolute atomic E-state index is 0.175. The van der Waals surface area contributed by atoms with Gasteiger partial charge in [-0.1, -0.05) is 31.0 Å². The van der Waals surface area contributed by atoms with Crippen LogP contribution in [0.15, 0.2) is 24.3 Å². The Hall–Kier alpha value is -1.07. The normalized spacial score (nSPS) is 27.1. The number of ether oxygens (including phenoxy) is 1. The van der Waals surface area contributed by atoms with E-state index in [0.29, 0.717) is 0 Å². The number of para-hydroxylation sites is 1. The van der Waals surface area contributed by atoms with Crippen molar-refractivity contribution in [1.82, 2.24) is 5.32 Å². The van der Waals surface area contributed by atoms with Crippen molar-refractivity contribution in [2.75, 3.05) is 13.7 Å². The molecule has 0 saturated heterocycles. The third kappa shape index (κ3) is 2.23. The second-order valence-corrected chi connectivity index (χ2v) is 8.10. The van der Waals surface area contributed by atoms with Crippen LogP contribution >= 0.6 is 0 Å². The van der Waals surface area contributed by atoms with Gasteiger partial charge < -0.3 is 10.1 Å². The molecular formula is C15H21NO3S. The predicted molar refractivity (Wildman–Crippen MR) is 78.7 cm³/mol. The summed E-state index contributed by atoms with van der Waals surface area (Å²) in [4.78, 5) is 0. The van der Waals surface area contributed by atoms with Gasteiger partial charge in [0.25, 0.3) is 0 Å². The number of hydrogen-bond donors (Lipinski definition) is 1. The molecule has 2 unspecified atom stereocenters. The molecule has 2 atom stereocenters. The summed E-state index contributed by atoms with van der Waals surface area (Å²) < 4.78 is 31.4. The molecule has 20 heavy (non-hydrogen) atoms. The number of benzene rings is 1. The highest BCUT2D eigenvalue weighted by Crippen LogP contribution is 2.38. The lowest BCUT2D eigenvalue weighted by Gasteiger charge is -2.34. The van der Waals surface area contributed by atoms with Crippen LogP contribution in [0.1, 0.15) is 37.3 Å². The topological polar surface area (TPSA) is 55.4 Å². The zero-order valence-corrected chi connectivity index (χ0v) is 12.5. The van der Waals surface area contributed by atoms with Crippen molar-refractivity contribution >= 4 is 9.84 Å². The number of rotatable bonds is 3. The fourth-order valence-electron chi connectivity index (χ4n) is 3.43. The van der Waals surface area contributed by atoms with Crippen LogP contribution < -0.4 is 10.1 Å². The van der Waals surface area contributed by atoms with Crippen molar-refractivity contribution < 1.29 is 13.2 Å². The first-order chi connectivity index (χ1) is 9.64. The van der Waals surface area contributed by atoms with E-state index in [4.69, 9.17) is 4.74 Å². The fourth-order valence-corrected chi connectivity index (χ4v) is 5.83. The highest BCUT2D eigenvalue weighted by atomic mass is 32.2. The summed E-state index contributed by atoms with van der Waals surface area (Å²) in [7, 11) is -1.33. The summed E-state index contributed by atoms with van der Waals surface area (Å²) >= 11 is 0. The van der Waals surface area contributed by atoms with E-state index in [1.165, 1.54) is 0 Å². The second-order valence-electron chi connectivity index (χ2n) is 5.65. The molecule has 5 heteroatoms. The Bertz CT molecular complexity index is 579. The van der Waals surface area contributed by atoms with Gasteiger partial charge in [-0.25, -0.2) is 8.42 Å². The largest absolute Gasteiger partial charge is 0.492 e. The molecule has 1 aromatic rings. The molecule has 1 fully saturated rings. The van der Waals surface area contributed by atoms with Crippen molar-refractivity contribution in [2.45, 2.75) is 42.2 Å². The van der Waals surface area contributed by atoms with Crippen LogP contribution in [0, 0.1) is 0 Å². The van der Waals surface area contributed by atoms with Crippen LogP contribution in [-0.2, 0) is 9.84 Å². The van der Waals surface area contributed by atoms with Crippen molar-refractivity contribution in [3.63, 3.8) is 0 Å². The first-order valence-corrected chi connectivity index (χ1v) is 8.87. The van der Waals surface area contributed by atoms with Gasteiger partial charge in [0.15, 0.2) is 9.84 Å². The molecule has 1 saturated carbocycles. The zero-order valence-electron chi connectivity index (χ0n) is 11.7. The molecule has 0 amide bonds. The third-order valence-corrected chi connectivity index (χ3v) is 7.18. The van der Waals surface area contributed by atoms with Crippen LogP contribution in [0.25, 0.3) is 0 Å². The van der Waals surface area contributed by atoms with Crippen molar-refractivity contribution in [2.24, 2.45) is 0 Å². The second kappa shape index (κ2) is 5.37. The number of nitrogens with one attached hydrogen (secondary N) is 1. The van der Waals surface area contributed by atoms with Gasteiger partial charge in [-0.15, -0.1) is 0 Å². The van der Waals surface area contributed by atoms with E-state index in [1.807, 2.05) is 31.3 Å². The third-order valence-electron chi connectivity index (χ3n) is 4.53. The molecule has 1 aromatic carbocycles. The molecule has 0 radical (unpaired) electrons. The van der Waals surface area contributed by atoms with Gasteiger partial charge in [0.2, 0.25) is 0 Å². The van der Waals surface area contributed by atoms with E-state index in [9.17, 15) is 8.42 Å². The maximum atomic E-state index is 12.8. The Morgan fingerprint density at radius 3 is 2.60 bits per heavy atom. The quantitative estimate of drug-likeness (QED) is 0.927. The van der Waals surface area contributed by atoms with Gasteiger partial charge >= 0.3 is 0 Å². The average molecular weight is 295 g/mol. The monoisotopic (exact) mass is 295 g/mol. The van der Waals surface area contributed by atoms with Gasteiger partial charge in [0.05, 0.1) is 11.3 Å². The summed E-state index contributed by atoms with van der Waals surface area (Å²) in [5.41, 5.74) is 0.952. The van der Waals surface area contributed by atoms with Crippen LogP contribution in [0.5, 0.6) is 5.75 Å². The molecule has 2 aliphatic rings. The Kier molecular flexibility index (Phi) is 3.73. The van der Waals surface area contributed by atoms with Gasteiger partial charge in [0.1, 0.15) is 17.6 Å². The Balaban J connectivity index is 1.95. The minimum atomic E-state index is -3.15. The lowest BCUT2D eigenvalue weighted by Crippen LogP contribution is -2.46. The first-order valence-electron chi connectivity index (χ1n) is 7.26.